The smallest absolute Gasteiger partial charge is 0.322 e. The summed E-state index contributed by atoms with van der Waals surface area (Å²) in [5.74, 6) is -5.91. The van der Waals surface area contributed by atoms with Gasteiger partial charge in [-0.3, -0.25) is 23.7 Å². The van der Waals surface area contributed by atoms with Crippen LogP contribution in [0.25, 0.3) is 0 Å². The molecule has 2 amide bonds. The van der Waals surface area contributed by atoms with Crippen molar-refractivity contribution in [2.75, 3.05) is 6.54 Å². The van der Waals surface area contributed by atoms with Crippen LogP contribution >= 0.6 is 0 Å². The topological polar surface area (TPSA) is 172 Å². The third-order valence-electron chi connectivity index (χ3n) is 3.47. The molecule has 0 aliphatic heterocycles. The number of carboxylic acid groups (broad SMARTS) is 1. The van der Waals surface area contributed by atoms with Gasteiger partial charge in [-0.15, -0.1) is 0 Å². The molecule has 0 atom stereocenters. The minimum Gasteiger partial charge on any atom is -0.506 e. The summed E-state index contributed by atoms with van der Waals surface area (Å²) in [7, 11) is 0. The van der Waals surface area contributed by atoms with Crippen LogP contribution in [0.3, 0.4) is 0 Å². The van der Waals surface area contributed by atoms with E-state index in [-0.39, 0.29) is 6.54 Å². The maximum atomic E-state index is 12.4. The molecular formula is C16H15N3O7. The second kappa shape index (κ2) is 7.38. The van der Waals surface area contributed by atoms with Crippen LogP contribution < -0.4 is 16.6 Å². The zero-order valence-corrected chi connectivity index (χ0v) is 13.3. The fraction of sp³-hybridized carbons (Fsp3) is 0.125. The molecule has 0 radical (unpaired) electrons. The molecule has 0 fully saturated rings. The van der Waals surface area contributed by atoms with Gasteiger partial charge in [0.25, 0.3) is 17.4 Å². The quantitative estimate of drug-likeness (QED) is 0.449. The lowest BCUT2D eigenvalue weighted by Gasteiger charge is -2.15. The molecule has 0 bridgehead atoms. The van der Waals surface area contributed by atoms with Gasteiger partial charge in [0.05, 0.1) is 6.54 Å². The highest BCUT2D eigenvalue weighted by atomic mass is 16.4. The lowest BCUT2D eigenvalue weighted by Crippen LogP contribution is -2.35. The molecule has 136 valence electrons. The van der Waals surface area contributed by atoms with Crippen LogP contribution in [0.4, 0.5) is 0 Å². The molecule has 1 aromatic heterocycles. The molecule has 2 rings (SSSR count). The molecule has 10 nitrogen and oxygen atoms in total. The summed E-state index contributed by atoms with van der Waals surface area (Å²) in [6.07, 6.45) is 0. The summed E-state index contributed by atoms with van der Waals surface area (Å²) in [5.41, 5.74) is 2.85. The fourth-order valence-corrected chi connectivity index (χ4v) is 2.29. The Kier molecular flexibility index (Phi) is 5.26. The van der Waals surface area contributed by atoms with Gasteiger partial charge in [-0.25, -0.2) is 0 Å². The second-order valence-corrected chi connectivity index (χ2v) is 5.24. The minimum absolute atomic E-state index is 0.217. The van der Waals surface area contributed by atoms with Crippen LogP contribution in [0.1, 0.15) is 26.3 Å². The Balaban J connectivity index is 2.64. The molecule has 6 N–H and O–H groups in total. The SMILES string of the molecule is NC(=O)c1c(O)c(C(=O)NCC(=O)O)c(O)n(Cc2ccccc2)c1=O. The van der Waals surface area contributed by atoms with Crippen LogP contribution in [-0.4, -0.2) is 44.2 Å². The van der Waals surface area contributed by atoms with Crippen molar-refractivity contribution in [2.24, 2.45) is 5.73 Å². The second-order valence-electron chi connectivity index (χ2n) is 5.24. The van der Waals surface area contributed by atoms with Crippen molar-refractivity contribution in [3.8, 4) is 11.6 Å². The Morgan fingerprint density at radius 2 is 1.69 bits per heavy atom. The van der Waals surface area contributed by atoms with Crippen LogP contribution in [0.2, 0.25) is 0 Å². The third kappa shape index (κ3) is 3.64. The minimum atomic E-state index is -1.37. The number of nitrogens with one attached hydrogen (secondary N) is 1. The fourth-order valence-electron chi connectivity index (χ4n) is 2.29. The first-order valence-corrected chi connectivity index (χ1v) is 7.26. The van der Waals surface area contributed by atoms with Gasteiger partial charge < -0.3 is 26.4 Å². The number of amides is 2. The number of nitrogens with two attached hydrogens (primary N) is 1. The summed E-state index contributed by atoms with van der Waals surface area (Å²) in [5, 5.41) is 30.9. The Hall–Kier alpha value is -3.82. The summed E-state index contributed by atoms with van der Waals surface area (Å²) >= 11 is 0. The molecule has 0 spiro atoms. The van der Waals surface area contributed by atoms with E-state index in [4.69, 9.17) is 10.8 Å². The first kappa shape index (κ1) is 18.5. The van der Waals surface area contributed by atoms with Crippen LogP contribution in [-0.2, 0) is 11.3 Å². The molecule has 1 heterocycles. The number of carbonyl (C=O) groups excluding carboxylic acids is 2. The van der Waals surface area contributed by atoms with Crippen LogP contribution in [0.5, 0.6) is 11.6 Å². The predicted octanol–water partition coefficient (Wildman–Crippen LogP) is -0.779. The number of carbonyl (C=O) groups is 3. The van der Waals surface area contributed by atoms with Crippen molar-refractivity contribution >= 4 is 17.8 Å². The Morgan fingerprint density at radius 1 is 1.08 bits per heavy atom. The van der Waals surface area contributed by atoms with Crippen molar-refractivity contribution in [3.05, 3.63) is 57.4 Å². The predicted molar refractivity (Wildman–Crippen MR) is 88.1 cm³/mol. The summed E-state index contributed by atoms with van der Waals surface area (Å²) < 4.78 is 0.685. The van der Waals surface area contributed by atoms with Crippen molar-refractivity contribution in [1.82, 2.24) is 9.88 Å². The normalized spacial score (nSPS) is 10.3. The number of hydrogen-bond acceptors (Lipinski definition) is 6. The largest absolute Gasteiger partial charge is 0.506 e. The number of nitrogens with zero attached hydrogens (tertiary/aromatic N) is 1. The van der Waals surface area contributed by atoms with E-state index in [0.717, 1.165) is 0 Å². The number of pyridine rings is 1. The maximum absolute atomic E-state index is 12.4. The van der Waals surface area contributed by atoms with Gasteiger partial charge >= 0.3 is 5.97 Å². The molecule has 2 aromatic rings. The van der Waals surface area contributed by atoms with E-state index in [2.05, 4.69) is 0 Å². The standard InChI is InChI=1S/C16H15N3O7/c17-13(23)10-12(22)11(14(24)18-6-9(20)21)16(26)19(15(10)25)7-8-4-2-1-3-5-8/h1-5,22,26H,6-7H2,(H2,17,23)(H,18,24)(H,20,21). The number of hydrogen-bond donors (Lipinski definition) is 5. The van der Waals surface area contributed by atoms with Gasteiger partial charge in [0.2, 0.25) is 5.88 Å². The molecule has 1 aromatic carbocycles. The number of aromatic nitrogens is 1. The monoisotopic (exact) mass is 361 g/mol. The maximum Gasteiger partial charge on any atom is 0.322 e. The molecule has 10 heteroatoms. The van der Waals surface area contributed by atoms with E-state index < -0.39 is 52.6 Å². The average molecular weight is 361 g/mol. The van der Waals surface area contributed by atoms with E-state index in [1.807, 2.05) is 5.32 Å². The summed E-state index contributed by atoms with van der Waals surface area (Å²) in [4.78, 5) is 46.6. The highest BCUT2D eigenvalue weighted by molar-refractivity contribution is 6.05. The van der Waals surface area contributed by atoms with Crippen molar-refractivity contribution in [1.29, 1.82) is 0 Å². The number of benzene rings is 1. The first-order chi connectivity index (χ1) is 12.2. The Labute approximate surface area is 146 Å². The van der Waals surface area contributed by atoms with Crippen LogP contribution in [0, 0.1) is 0 Å². The number of carboxylic acids is 1. The number of aromatic hydroxyl groups is 2. The van der Waals surface area contributed by atoms with E-state index in [1.54, 1.807) is 30.3 Å². The molecule has 26 heavy (non-hydrogen) atoms. The highest BCUT2D eigenvalue weighted by Gasteiger charge is 2.28. The first-order valence-electron chi connectivity index (χ1n) is 7.26. The van der Waals surface area contributed by atoms with Gasteiger partial charge in [0.1, 0.15) is 17.7 Å². The van der Waals surface area contributed by atoms with Crippen molar-refractivity contribution < 1.29 is 29.7 Å². The van der Waals surface area contributed by atoms with Gasteiger partial charge in [-0.1, -0.05) is 30.3 Å². The summed E-state index contributed by atoms with van der Waals surface area (Å²) in [6, 6.07) is 8.34. The molecule has 0 aliphatic rings. The highest BCUT2D eigenvalue weighted by Crippen LogP contribution is 2.28. The zero-order chi connectivity index (χ0) is 19.4. The van der Waals surface area contributed by atoms with Gasteiger partial charge in [-0.05, 0) is 5.56 Å². The lowest BCUT2D eigenvalue weighted by atomic mass is 10.1. The van der Waals surface area contributed by atoms with Crippen LogP contribution in [0.15, 0.2) is 35.1 Å². The van der Waals surface area contributed by atoms with Gasteiger partial charge in [0.15, 0.2) is 5.75 Å². The van der Waals surface area contributed by atoms with E-state index in [9.17, 15) is 29.4 Å². The number of aliphatic carboxylic acids is 1. The molecular weight excluding hydrogens is 346 g/mol. The van der Waals surface area contributed by atoms with E-state index in [1.165, 1.54) is 0 Å². The zero-order valence-electron chi connectivity index (χ0n) is 13.3. The van der Waals surface area contributed by atoms with Crippen molar-refractivity contribution in [3.63, 3.8) is 0 Å². The average Bonchev–Trinajstić information content (AvgIpc) is 2.57. The molecule has 0 aliphatic carbocycles. The third-order valence-corrected chi connectivity index (χ3v) is 3.47. The lowest BCUT2D eigenvalue weighted by molar-refractivity contribution is -0.135. The number of primary amides is 1. The van der Waals surface area contributed by atoms with E-state index >= 15 is 0 Å². The van der Waals surface area contributed by atoms with Gasteiger partial charge in [-0.2, -0.15) is 0 Å². The van der Waals surface area contributed by atoms with Crippen molar-refractivity contribution in [2.45, 2.75) is 6.54 Å². The van der Waals surface area contributed by atoms with Gasteiger partial charge in [0, 0.05) is 0 Å². The Bertz CT molecular complexity index is 935. The Morgan fingerprint density at radius 3 is 2.23 bits per heavy atom. The molecule has 0 unspecified atom stereocenters. The molecule has 0 saturated carbocycles. The molecule has 0 saturated heterocycles. The van der Waals surface area contributed by atoms with E-state index in [0.29, 0.717) is 10.1 Å². The number of rotatable bonds is 6. The summed E-state index contributed by atoms with van der Waals surface area (Å²) in [6.45, 7) is -1.02.